The minimum Gasteiger partial charge on any atom is -0.327 e. The average Bonchev–Trinajstić information content (AvgIpc) is 2.79. The van der Waals surface area contributed by atoms with E-state index in [9.17, 15) is 4.39 Å². The first kappa shape index (κ1) is 16.0. The number of fused-ring (bicyclic) bond motifs is 1. The predicted octanol–water partition coefficient (Wildman–Crippen LogP) is 3.46. The Labute approximate surface area is 130 Å². The van der Waals surface area contributed by atoms with E-state index in [0.29, 0.717) is 30.0 Å². The molecule has 2 N–H and O–H groups in total. The Morgan fingerprint density at radius 1 is 1.30 bits per heavy atom. The van der Waals surface area contributed by atoms with Gasteiger partial charge >= 0.3 is 0 Å². The van der Waals surface area contributed by atoms with Gasteiger partial charge in [0.05, 0.1) is 5.02 Å². The third-order valence-corrected chi connectivity index (χ3v) is 4.95. The van der Waals surface area contributed by atoms with Gasteiger partial charge in [-0.15, -0.1) is 12.4 Å². The lowest BCUT2D eigenvalue weighted by Gasteiger charge is -2.29. The summed E-state index contributed by atoms with van der Waals surface area (Å²) in [5.41, 5.74) is 6.90. The fourth-order valence-corrected chi connectivity index (χ4v) is 3.84. The van der Waals surface area contributed by atoms with Crippen LogP contribution < -0.4 is 5.73 Å². The van der Waals surface area contributed by atoms with E-state index in [0.717, 1.165) is 19.5 Å². The van der Waals surface area contributed by atoms with Crippen LogP contribution in [-0.4, -0.2) is 24.0 Å². The molecule has 1 aliphatic carbocycles. The van der Waals surface area contributed by atoms with E-state index in [1.54, 1.807) is 6.07 Å². The highest BCUT2D eigenvalue weighted by Gasteiger charge is 2.38. The second-order valence-electron chi connectivity index (χ2n) is 5.93. The molecule has 0 spiro atoms. The molecule has 1 saturated heterocycles. The second-order valence-corrected chi connectivity index (χ2v) is 6.33. The van der Waals surface area contributed by atoms with Crippen molar-refractivity contribution in [2.45, 2.75) is 31.8 Å². The molecular formula is C15H21Cl2FN2. The molecule has 3 rings (SSSR count). The molecule has 20 heavy (non-hydrogen) atoms. The van der Waals surface area contributed by atoms with Crippen LogP contribution in [0.15, 0.2) is 18.2 Å². The SMILES string of the molecule is Cl.NC1CCCC2CN(Cc3cccc(Cl)c3F)CC12. The van der Waals surface area contributed by atoms with Crippen LogP contribution in [0.3, 0.4) is 0 Å². The van der Waals surface area contributed by atoms with Gasteiger partial charge in [0.2, 0.25) is 0 Å². The fourth-order valence-electron chi connectivity index (χ4n) is 3.65. The maximum atomic E-state index is 13.9. The van der Waals surface area contributed by atoms with Crippen LogP contribution in [0, 0.1) is 17.7 Å². The molecule has 1 heterocycles. The van der Waals surface area contributed by atoms with Crippen molar-refractivity contribution in [2.24, 2.45) is 17.6 Å². The summed E-state index contributed by atoms with van der Waals surface area (Å²) in [5, 5.41) is 0.214. The zero-order valence-electron chi connectivity index (χ0n) is 11.4. The highest BCUT2D eigenvalue weighted by molar-refractivity contribution is 6.30. The summed E-state index contributed by atoms with van der Waals surface area (Å²) < 4.78 is 13.9. The number of likely N-dealkylation sites (tertiary alicyclic amines) is 1. The number of benzene rings is 1. The maximum Gasteiger partial charge on any atom is 0.146 e. The molecule has 2 fully saturated rings. The lowest BCUT2D eigenvalue weighted by atomic mass is 9.78. The van der Waals surface area contributed by atoms with Crippen LogP contribution in [0.5, 0.6) is 0 Å². The molecule has 5 heteroatoms. The maximum absolute atomic E-state index is 13.9. The molecule has 0 aromatic heterocycles. The van der Waals surface area contributed by atoms with Crippen molar-refractivity contribution in [3.8, 4) is 0 Å². The van der Waals surface area contributed by atoms with Gasteiger partial charge in [-0.05, 0) is 30.7 Å². The average molecular weight is 319 g/mol. The van der Waals surface area contributed by atoms with E-state index in [1.165, 1.54) is 12.8 Å². The molecule has 1 aromatic rings. The normalized spacial score (nSPS) is 29.9. The van der Waals surface area contributed by atoms with Gasteiger partial charge in [0.15, 0.2) is 0 Å². The summed E-state index contributed by atoms with van der Waals surface area (Å²) >= 11 is 5.83. The quantitative estimate of drug-likeness (QED) is 0.904. The topological polar surface area (TPSA) is 29.3 Å². The third-order valence-electron chi connectivity index (χ3n) is 4.66. The Morgan fingerprint density at radius 2 is 2.10 bits per heavy atom. The van der Waals surface area contributed by atoms with Gasteiger partial charge < -0.3 is 5.73 Å². The highest BCUT2D eigenvalue weighted by Crippen LogP contribution is 2.36. The number of halogens is 3. The minimum atomic E-state index is -0.275. The molecule has 2 nitrogen and oxygen atoms in total. The number of nitrogens with zero attached hydrogens (tertiary/aromatic N) is 1. The van der Waals surface area contributed by atoms with E-state index in [1.807, 2.05) is 12.1 Å². The van der Waals surface area contributed by atoms with Crippen LogP contribution in [0.2, 0.25) is 5.02 Å². The van der Waals surface area contributed by atoms with Gasteiger partial charge in [-0.3, -0.25) is 4.90 Å². The van der Waals surface area contributed by atoms with Gasteiger partial charge in [0, 0.05) is 31.2 Å². The van der Waals surface area contributed by atoms with Crippen LogP contribution >= 0.6 is 24.0 Å². The first-order valence-electron chi connectivity index (χ1n) is 7.06. The van der Waals surface area contributed by atoms with E-state index in [-0.39, 0.29) is 23.2 Å². The Balaban J connectivity index is 0.00000147. The van der Waals surface area contributed by atoms with Gasteiger partial charge in [-0.1, -0.05) is 30.2 Å². The standard InChI is InChI=1S/C15H20ClFN2.ClH/c16-13-5-1-4-11(15(13)17)8-19-7-10-3-2-6-14(18)12(10)9-19;/h1,4-5,10,12,14H,2-3,6-9,18H2;1H. The molecular weight excluding hydrogens is 298 g/mol. The van der Waals surface area contributed by atoms with Crippen molar-refractivity contribution >= 4 is 24.0 Å². The molecule has 1 aromatic carbocycles. The van der Waals surface area contributed by atoms with Crippen LogP contribution in [-0.2, 0) is 6.54 Å². The molecule has 3 atom stereocenters. The van der Waals surface area contributed by atoms with Crippen molar-refractivity contribution < 1.29 is 4.39 Å². The summed E-state index contributed by atoms with van der Waals surface area (Å²) in [6.07, 6.45) is 3.65. The van der Waals surface area contributed by atoms with E-state index >= 15 is 0 Å². The van der Waals surface area contributed by atoms with Crippen molar-refractivity contribution in [1.29, 1.82) is 0 Å². The molecule has 112 valence electrons. The monoisotopic (exact) mass is 318 g/mol. The number of nitrogens with two attached hydrogens (primary N) is 1. The Hall–Kier alpha value is -0.350. The summed E-state index contributed by atoms with van der Waals surface area (Å²) in [6, 6.07) is 5.56. The molecule has 1 saturated carbocycles. The molecule has 2 aliphatic rings. The number of hydrogen-bond acceptors (Lipinski definition) is 2. The molecule has 1 aliphatic heterocycles. The van der Waals surface area contributed by atoms with Crippen LogP contribution in [0.4, 0.5) is 4.39 Å². The predicted molar refractivity (Wildman–Crippen MR) is 82.7 cm³/mol. The molecule has 0 amide bonds. The van der Waals surface area contributed by atoms with E-state index in [4.69, 9.17) is 17.3 Å². The summed E-state index contributed by atoms with van der Waals surface area (Å²) in [6.45, 7) is 2.69. The Kier molecular flexibility index (Phi) is 5.30. The van der Waals surface area contributed by atoms with E-state index < -0.39 is 0 Å². The first-order valence-corrected chi connectivity index (χ1v) is 7.44. The minimum absolute atomic E-state index is 0. The smallest absolute Gasteiger partial charge is 0.146 e. The molecule has 0 bridgehead atoms. The van der Waals surface area contributed by atoms with Crippen LogP contribution in [0.25, 0.3) is 0 Å². The van der Waals surface area contributed by atoms with E-state index in [2.05, 4.69) is 4.90 Å². The second kappa shape index (κ2) is 6.61. The largest absolute Gasteiger partial charge is 0.327 e. The summed E-state index contributed by atoms with van der Waals surface area (Å²) in [4.78, 5) is 2.33. The molecule has 0 radical (unpaired) electrons. The number of rotatable bonds is 2. The highest BCUT2D eigenvalue weighted by atomic mass is 35.5. The van der Waals surface area contributed by atoms with Gasteiger partial charge in [-0.2, -0.15) is 0 Å². The third kappa shape index (κ3) is 3.11. The van der Waals surface area contributed by atoms with Gasteiger partial charge in [0.1, 0.15) is 5.82 Å². The Morgan fingerprint density at radius 3 is 2.85 bits per heavy atom. The van der Waals surface area contributed by atoms with Crippen molar-refractivity contribution in [3.63, 3.8) is 0 Å². The fraction of sp³-hybridized carbons (Fsp3) is 0.600. The summed E-state index contributed by atoms with van der Waals surface area (Å²) in [5.74, 6) is 1.02. The summed E-state index contributed by atoms with van der Waals surface area (Å²) in [7, 11) is 0. The lowest BCUT2D eigenvalue weighted by molar-refractivity contribution is 0.259. The molecule has 3 unspecified atom stereocenters. The zero-order chi connectivity index (χ0) is 13.4. The van der Waals surface area contributed by atoms with Crippen molar-refractivity contribution in [2.75, 3.05) is 13.1 Å². The first-order chi connectivity index (χ1) is 9.15. The van der Waals surface area contributed by atoms with Crippen molar-refractivity contribution in [1.82, 2.24) is 4.90 Å². The van der Waals surface area contributed by atoms with Gasteiger partial charge in [0.25, 0.3) is 0 Å². The van der Waals surface area contributed by atoms with Crippen LogP contribution in [0.1, 0.15) is 24.8 Å². The zero-order valence-corrected chi connectivity index (χ0v) is 13.0. The number of hydrogen-bond donors (Lipinski definition) is 1. The lowest BCUT2D eigenvalue weighted by Crippen LogP contribution is -2.38. The van der Waals surface area contributed by atoms with Crippen molar-refractivity contribution in [3.05, 3.63) is 34.6 Å². The Bertz CT molecular complexity index is 469. The van der Waals surface area contributed by atoms with Gasteiger partial charge in [-0.25, -0.2) is 4.39 Å².